The Morgan fingerprint density at radius 3 is 2.73 bits per heavy atom. The number of nitrogens with zero attached hydrogens (tertiary/aromatic N) is 3. The van der Waals surface area contributed by atoms with Gasteiger partial charge in [0, 0.05) is 43.1 Å². The largest absolute Gasteiger partial charge is 0.460 e. The van der Waals surface area contributed by atoms with Gasteiger partial charge < -0.3 is 4.42 Å². The van der Waals surface area contributed by atoms with Crippen LogP contribution in [0.2, 0.25) is 0 Å². The molecule has 3 heterocycles. The molecule has 0 unspecified atom stereocenters. The molecule has 1 aromatic carbocycles. The van der Waals surface area contributed by atoms with Gasteiger partial charge in [-0.3, -0.25) is 4.90 Å². The number of sulfone groups is 1. The number of hydrogen-bond acceptors (Lipinski definition) is 6. The van der Waals surface area contributed by atoms with Gasteiger partial charge in [0.15, 0.2) is 0 Å². The van der Waals surface area contributed by atoms with E-state index in [1.54, 1.807) is 6.20 Å². The van der Waals surface area contributed by atoms with Gasteiger partial charge >= 0.3 is 0 Å². The Kier molecular flexibility index (Phi) is 4.34. The molecule has 4 rings (SSSR count). The van der Waals surface area contributed by atoms with Crippen LogP contribution in [-0.4, -0.2) is 36.1 Å². The van der Waals surface area contributed by atoms with Gasteiger partial charge in [-0.1, -0.05) is 30.3 Å². The zero-order valence-corrected chi connectivity index (χ0v) is 15.2. The lowest BCUT2D eigenvalue weighted by atomic mass is 10.1. The highest BCUT2D eigenvalue weighted by Crippen LogP contribution is 2.24. The molecule has 1 aliphatic rings. The topological polar surface area (TPSA) is 76.3 Å². The second-order valence-electron chi connectivity index (χ2n) is 6.49. The minimum Gasteiger partial charge on any atom is -0.460 e. The summed E-state index contributed by atoms with van der Waals surface area (Å²) in [7, 11) is -3.37. The van der Waals surface area contributed by atoms with Crippen molar-refractivity contribution < 1.29 is 12.8 Å². The Labute approximate surface area is 152 Å². The molecule has 1 aliphatic heterocycles. The highest BCUT2D eigenvalue weighted by Gasteiger charge is 2.21. The van der Waals surface area contributed by atoms with Crippen LogP contribution in [0.4, 0.5) is 0 Å². The normalized spacial score (nSPS) is 15.0. The smallest absolute Gasteiger partial charge is 0.246 e. The van der Waals surface area contributed by atoms with Gasteiger partial charge in [-0.2, -0.15) is 0 Å². The number of hydrogen-bond donors (Lipinski definition) is 0. The summed E-state index contributed by atoms with van der Waals surface area (Å²) in [6.45, 7) is 2.18. The van der Waals surface area contributed by atoms with E-state index in [0.717, 1.165) is 41.1 Å². The van der Waals surface area contributed by atoms with E-state index in [0.29, 0.717) is 19.5 Å². The average molecular weight is 369 g/mol. The number of rotatable bonds is 4. The third-order valence-electron chi connectivity index (χ3n) is 4.42. The van der Waals surface area contributed by atoms with Gasteiger partial charge in [0.2, 0.25) is 15.0 Å². The van der Waals surface area contributed by atoms with E-state index in [4.69, 9.17) is 4.42 Å². The molecule has 0 fully saturated rings. The van der Waals surface area contributed by atoms with Crippen LogP contribution in [0.1, 0.15) is 17.0 Å². The van der Waals surface area contributed by atoms with E-state index in [9.17, 15) is 8.42 Å². The van der Waals surface area contributed by atoms with Gasteiger partial charge in [-0.15, -0.1) is 0 Å². The van der Waals surface area contributed by atoms with Crippen LogP contribution in [0.25, 0.3) is 11.3 Å². The summed E-state index contributed by atoms with van der Waals surface area (Å²) in [5, 5.41) is -0.0942. The van der Waals surface area contributed by atoms with Gasteiger partial charge in [0.1, 0.15) is 11.5 Å². The van der Waals surface area contributed by atoms with Gasteiger partial charge in [-0.25, -0.2) is 18.4 Å². The Balaban J connectivity index is 1.48. The van der Waals surface area contributed by atoms with Crippen LogP contribution in [0, 0.1) is 0 Å². The summed E-state index contributed by atoms with van der Waals surface area (Å²) in [6.07, 6.45) is 3.46. The number of furan rings is 1. The Morgan fingerprint density at radius 2 is 1.96 bits per heavy atom. The average Bonchev–Trinajstić information content (AvgIpc) is 3.10. The third-order valence-corrected chi connectivity index (χ3v) is 5.28. The molecule has 26 heavy (non-hydrogen) atoms. The molecule has 7 heteroatoms. The maximum Gasteiger partial charge on any atom is 0.246 e. The molecule has 0 N–H and O–H groups in total. The Bertz CT molecular complexity index is 1030. The number of aromatic nitrogens is 2. The van der Waals surface area contributed by atoms with E-state index in [1.165, 1.54) is 0 Å². The molecule has 0 aliphatic carbocycles. The first-order valence-electron chi connectivity index (χ1n) is 8.40. The SMILES string of the molecule is CS(=O)(=O)c1ncc2c(n1)CCN(Cc1ccc(-c3ccccc3)o1)C2. The summed E-state index contributed by atoms with van der Waals surface area (Å²) in [6, 6.07) is 14.0. The van der Waals surface area contributed by atoms with Crippen molar-refractivity contribution in [1.29, 1.82) is 0 Å². The van der Waals surface area contributed by atoms with Crippen LogP contribution < -0.4 is 0 Å². The van der Waals surface area contributed by atoms with Crippen molar-refractivity contribution in [3.63, 3.8) is 0 Å². The predicted octanol–water partition coefficient (Wildman–Crippen LogP) is 2.70. The van der Waals surface area contributed by atoms with Crippen LogP contribution >= 0.6 is 0 Å². The summed E-state index contributed by atoms with van der Waals surface area (Å²) < 4.78 is 29.2. The lowest BCUT2D eigenvalue weighted by molar-refractivity contribution is 0.223. The first-order chi connectivity index (χ1) is 12.5. The molecule has 6 nitrogen and oxygen atoms in total. The molecule has 0 spiro atoms. The Hall–Kier alpha value is -2.51. The minimum absolute atomic E-state index is 0.0942. The molecule has 0 atom stereocenters. The molecule has 0 saturated heterocycles. The van der Waals surface area contributed by atoms with Crippen molar-refractivity contribution >= 4 is 9.84 Å². The van der Waals surface area contributed by atoms with E-state index in [1.807, 2.05) is 42.5 Å². The Morgan fingerprint density at radius 1 is 1.15 bits per heavy atom. The first-order valence-corrected chi connectivity index (χ1v) is 10.3. The summed E-state index contributed by atoms with van der Waals surface area (Å²) in [5.74, 6) is 1.76. The maximum absolute atomic E-state index is 11.6. The maximum atomic E-state index is 11.6. The molecule has 0 amide bonds. The van der Waals surface area contributed by atoms with Gasteiger partial charge in [-0.05, 0) is 12.1 Å². The molecule has 0 radical (unpaired) electrons. The fourth-order valence-electron chi connectivity index (χ4n) is 3.11. The van der Waals surface area contributed by atoms with Crippen molar-refractivity contribution in [2.24, 2.45) is 0 Å². The molecular formula is C19H19N3O3S. The molecule has 0 bridgehead atoms. The van der Waals surface area contributed by atoms with Crippen LogP contribution in [0.5, 0.6) is 0 Å². The predicted molar refractivity (Wildman–Crippen MR) is 97.1 cm³/mol. The minimum atomic E-state index is -3.37. The van der Waals surface area contributed by atoms with Crippen LogP contribution in [0.3, 0.4) is 0 Å². The summed E-state index contributed by atoms with van der Waals surface area (Å²) >= 11 is 0. The van der Waals surface area contributed by atoms with Crippen molar-refractivity contribution in [3.8, 4) is 11.3 Å². The van der Waals surface area contributed by atoms with Crippen molar-refractivity contribution in [3.05, 3.63) is 65.7 Å². The number of benzene rings is 1. The highest BCUT2D eigenvalue weighted by atomic mass is 32.2. The van der Waals surface area contributed by atoms with Crippen molar-refractivity contribution in [2.45, 2.75) is 24.7 Å². The van der Waals surface area contributed by atoms with Crippen molar-refractivity contribution in [2.75, 3.05) is 12.8 Å². The van der Waals surface area contributed by atoms with Crippen LogP contribution in [-0.2, 0) is 29.3 Å². The summed E-state index contributed by atoms with van der Waals surface area (Å²) in [5.41, 5.74) is 2.85. The fourth-order valence-corrected chi connectivity index (χ4v) is 3.63. The third kappa shape index (κ3) is 3.54. The second kappa shape index (κ2) is 6.66. The molecule has 2 aromatic heterocycles. The number of fused-ring (bicyclic) bond motifs is 1. The molecular weight excluding hydrogens is 350 g/mol. The lowest BCUT2D eigenvalue weighted by Gasteiger charge is -2.27. The lowest BCUT2D eigenvalue weighted by Crippen LogP contribution is -2.31. The van der Waals surface area contributed by atoms with E-state index in [-0.39, 0.29) is 5.16 Å². The van der Waals surface area contributed by atoms with E-state index in [2.05, 4.69) is 14.9 Å². The van der Waals surface area contributed by atoms with E-state index < -0.39 is 9.84 Å². The quantitative estimate of drug-likeness (QED) is 0.658. The standard InChI is InChI=1S/C19H19N3O3S/c1-26(23,24)19-20-11-15-12-22(10-9-17(15)21-19)13-16-7-8-18(25-16)14-5-3-2-4-6-14/h2-8,11H,9-10,12-13H2,1H3. The second-order valence-corrected chi connectivity index (χ2v) is 8.40. The zero-order chi connectivity index (χ0) is 18.1. The van der Waals surface area contributed by atoms with E-state index >= 15 is 0 Å². The molecule has 134 valence electrons. The van der Waals surface area contributed by atoms with Gasteiger partial charge in [0.05, 0.1) is 12.2 Å². The molecule has 0 saturated carbocycles. The fraction of sp³-hybridized carbons (Fsp3) is 0.263. The van der Waals surface area contributed by atoms with Crippen LogP contribution in [0.15, 0.2) is 58.2 Å². The zero-order valence-electron chi connectivity index (χ0n) is 14.4. The molecule has 3 aromatic rings. The van der Waals surface area contributed by atoms with Gasteiger partial charge in [0.25, 0.3) is 0 Å². The monoisotopic (exact) mass is 369 g/mol. The highest BCUT2D eigenvalue weighted by molar-refractivity contribution is 7.90. The van der Waals surface area contributed by atoms with Crippen molar-refractivity contribution in [1.82, 2.24) is 14.9 Å². The summed E-state index contributed by atoms with van der Waals surface area (Å²) in [4.78, 5) is 10.5. The first kappa shape index (κ1) is 16.9.